The number of carboxylic acids is 1. The summed E-state index contributed by atoms with van der Waals surface area (Å²) in [6.45, 7) is 4.82. The van der Waals surface area contributed by atoms with Crippen molar-refractivity contribution in [2.45, 2.75) is 77.1 Å². The highest BCUT2D eigenvalue weighted by atomic mass is 16.5. The van der Waals surface area contributed by atoms with Gasteiger partial charge in [0.25, 0.3) is 0 Å². The van der Waals surface area contributed by atoms with Gasteiger partial charge in [-0.25, -0.2) is 0 Å². The Kier molecular flexibility index (Phi) is 9.78. The molecule has 1 aliphatic heterocycles. The summed E-state index contributed by atoms with van der Waals surface area (Å²) in [6, 6.07) is 7.72. The van der Waals surface area contributed by atoms with E-state index in [2.05, 4.69) is 0 Å². The fraction of sp³-hybridized carbons (Fsp3) is 0.667. The van der Waals surface area contributed by atoms with Crippen molar-refractivity contribution >= 4 is 5.97 Å². The molecule has 1 aliphatic carbocycles. The van der Waals surface area contributed by atoms with Crippen LogP contribution in [0.5, 0.6) is 5.75 Å². The van der Waals surface area contributed by atoms with Crippen molar-refractivity contribution in [1.82, 2.24) is 0 Å². The molecule has 1 heterocycles. The van der Waals surface area contributed by atoms with Crippen LogP contribution in [0, 0.1) is 30.6 Å². The third kappa shape index (κ3) is 7.56. The zero-order chi connectivity index (χ0) is 23.8. The summed E-state index contributed by atoms with van der Waals surface area (Å²) in [4.78, 5) is 11.4. The van der Waals surface area contributed by atoms with Crippen molar-refractivity contribution in [2.24, 2.45) is 23.7 Å². The van der Waals surface area contributed by atoms with Crippen molar-refractivity contribution in [2.75, 3.05) is 13.2 Å². The number of rotatable bonds is 11. The Labute approximate surface area is 197 Å². The van der Waals surface area contributed by atoms with Gasteiger partial charge in [0, 0.05) is 18.9 Å². The van der Waals surface area contributed by atoms with Crippen LogP contribution in [-0.4, -0.2) is 52.8 Å². The number of ether oxygens (including phenoxy) is 2. The molecule has 33 heavy (non-hydrogen) atoms. The third-order valence-electron chi connectivity index (χ3n) is 7.22. The minimum absolute atomic E-state index is 0.0197. The van der Waals surface area contributed by atoms with E-state index in [0.29, 0.717) is 25.4 Å². The van der Waals surface area contributed by atoms with E-state index in [-0.39, 0.29) is 30.5 Å². The second-order valence-corrected chi connectivity index (χ2v) is 9.84. The van der Waals surface area contributed by atoms with Crippen LogP contribution in [-0.2, 0) is 9.53 Å². The maximum Gasteiger partial charge on any atom is 0.306 e. The highest BCUT2D eigenvalue weighted by Gasteiger charge is 2.43. The number of carboxylic acid groups (broad SMARTS) is 1. The summed E-state index contributed by atoms with van der Waals surface area (Å²) in [7, 11) is 0. The summed E-state index contributed by atoms with van der Waals surface area (Å²) in [6.07, 6.45) is 8.18. The summed E-state index contributed by atoms with van der Waals surface area (Å²) in [5.74, 6) is 0.312. The van der Waals surface area contributed by atoms with E-state index in [1.165, 1.54) is 0 Å². The minimum atomic E-state index is -0.747. The lowest BCUT2D eigenvalue weighted by Gasteiger charge is -2.21. The lowest BCUT2D eigenvalue weighted by molar-refractivity contribution is -0.142. The predicted molar refractivity (Wildman–Crippen MR) is 127 cm³/mol. The Balaban J connectivity index is 1.50. The van der Waals surface area contributed by atoms with Crippen molar-refractivity contribution < 1.29 is 29.6 Å². The molecule has 1 unspecified atom stereocenters. The average molecular weight is 461 g/mol. The number of hydrogen-bond donors (Lipinski definition) is 3. The predicted octanol–water partition coefficient (Wildman–Crippen LogP) is 4.36. The number of aliphatic hydroxyl groups is 2. The summed E-state index contributed by atoms with van der Waals surface area (Å²) in [5.41, 5.74) is 1.10. The largest absolute Gasteiger partial charge is 0.491 e. The lowest BCUT2D eigenvalue weighted by atomic mass is 9.85. The van der Waals surface area contributed by atoms with Gasteiger partial charge in [0.05, 0.1) is 18.1 Å². The fourth-order valence-corrected chi connectivity index (χ4v) is 5.32. The first kappa shape index (κ1) is 25.7. The standard InChI is InChI=1S/C27H40O6/c1-3-5-20(27(30)31)10-8-19-9-12-24-23(25(29)15-26(24)33-16-19)13-11-21(28)17-32-22-7-4-6-18(2)14-22/h4,6-7,11,13-14,19-21,23-26,28-29H,3,5,8-10,12,15-17H2,1-2H3,(H,30,31)/t19-,20?,21-,23-,24-,25-,26+/m1/s1. The number of hydrogen-bond acceptors (Lipinski definition) is 5. The van der Waals surface area contributed by atoms with Crippen molar-refractivity contribution in [3.8, 4) is 5.75 Å². The quantitative estimate of drug-likeness (QED) is 0.425. The number of fused-ring (bicyclic) bond motifs is 1. The zero-order valence-electron chi connectivity index (χ0n) is 19.9. The molecule has 0 radical (unpaired) electrons. The van der Waals surface area contributed by atoms with Crippen molar-refractivity contribution in [3.63, 3.8) is 0 Å². The fourth-order valence-electron chi connectivity index (χ4n) is 5.32. The molecule has 184 valence electrons. The molecular formula is C27H40O6. The Bertz CT molecular complexity index is 778. The van der Waals surface area contributed by atoms with Crippen molar-refractivity contribution in [1.29, 1.82) is 0 Å². The Morgan fingerprint density at radius 3 is 2.85 bits per heavy atom. The molecule has 2 aliphatic rings. The van der Waals surface area contributed by atoms with Gasteiger partial charge in [0.2, 0.25) is 0 Å². The molecule has 0 aromatic heterocycles. The van der Waals surface area contributed by atoms with Gasteiger partial charge in [0.1, 0.15) is 18.5 Å². The number of aryl methyl sites for hydroxylation is 1. The zero-order valence-corrected chi connectivity index (χ0v) is 19.9. The van der Waals surface area contributed by atoms with E-state index in [0.717, 1.165) is 43.4 Å². The van der Waals surface area contributed by atoms with Gasteiger partial charge in [-0.2, -0.15) is 0 Å². The van der Waals surface area contributed by atoms with E-state index in [1.54, 1.807) is 6.08 Å². The summed E-state index contributed by atoms with van der Waals surface area (Å²) < 4.78 is 11.9. The van der Waals surface area contributed by atoms with E-state index in [9.17, 15) is 20.1 Å². The van der Waals surface area contributed by atoms with Gasteiger partial charge in [-0.1, -0.05) is 37.6 Å². The van der Waals surface area contributed by atoms with Gasteiger partial charge in [0.15, 0.2) is 0 Å². The molecule has 2 fully saturated rings. The second-order valence-electron chi connectivity index (χ2n) is 9.84. The number of aliphatic carboxylic acids is 1. The van der Waals surface area contributed by atoms with Crippen LogP contribution < -0.4 is 4.74 Å². The van der Waals surface area contributed by atoms with Gasteiger partial charge in [-0.15, -0.1) is 0 Å². The highest BCUT2D eigenvalue weighted by Crippen LogP contribution is 2.42. The van der Waals surface area contributed by atoms with E-state index in [1.807, 2.05) is 44.2 Å². The van der Waals surface area contributed by atoms with Crippen LogP contribution in [0.3, 0.4) is 0 Å². The number of benzene rings is 1. The summed E-state index contributed by atoms with van der Waals surface area (Å²) in [5, 5.41) is 30.4. The first-order valence-electron chi connectivity index (χ1n) is 12.5. The molecule has 1 aromatic carbocycles. The Morgan fingerprint density at radius 1 is 1.30 bits per heavy atom. The van der Waals surface area contributed by atoms with Gasteiger partial charge in [-0.3, -0.25) is 4.79 Å². The molecule has 7 atom stereocenters. The van der Waals surface area contributed by atoms with Gasteiger partial charge >= 0.3 is 5.97 Å². The van der Waals surface area contributed by atoms with Crippen molar-refractivity contribution in [3.05, 3.63) is 42.0 Å². The van der Waals surface area contributed by atoms with Crippen LogP contribution in [0.15, 0.2) is 36.4 Å². The van der Waals surface area contributed by atoms with Crippen LogP contribution in [0.2, 0.25) is 0 Å². The van der Waals surface area contributed by atoms with E-state index >= 15 is 0 Å². The maximum absolute atomic E-state index is 11.4. The normalized spacial score (nSPS) is 29.4. The van der Waals surface area contributed by atoms with Crippen LogP contribution in [0.4, 0.5) is 0 Å². The monoisotopic (exact) mass is 460 g/mol. The Morgan fingerprint density at radius 2 is 2.12 bits per heavy atom. The summed E-state index contributed by atoms with van der Waals surface area (Å²) >= 11 is 0. The smallest absolute Gasteiger partial charge is 0.306 e. The molecule has 0 bridgehead atoms. The van der Waals surface area contributed by atoms with E-state index < -0.39 is 18.2 Å². The van der Waals surface area contributed by atoms with Crippen LogP contribution in [0.25, 0.3) is 0 Å². The van der Waals surface area contributed by atoms with Gasteiger partial charge in [-0.05, 0) is 68.6 Å². The molecule has 0 spiro atoms. The lowest BCUT2D eigenvalue weighted by Crippen LogP contribution is -2.22. The number of carbonyl (C=O) groups is 1. The molecule has 0 amide bonds. The molecule has 6 heteroatoms. The molecule has 1 aromatic rings. The molecule has 1 saturated carbocycles. The highest BCUT2D eigenvalue weighted by molar-refractivity contribution is 5.69. The molecule has 6 nitrogen and oxygen atoms in total. The molecule has 3 rings (SSSR count). The SMILES string of the molecule is CCCC(CC[C@@H]1CC[C@@H]2[C@@H](C=C[C@@H](O)COc3cccc(C)c3)[C@H](O)C[C@@H]2OC1)C(=O)O. The average Bonchev–Trinajstić information content (AvgIpc) is 2.94. The minimum Gasteiger partial charge on any atom is -0.491 e. The molecule has 1 saturated heterocycles. The number of aliphatic hydroxyl groups excluding tert-OH is 2. The van der Waals surface area contributed by atoms with Crippen LogP contribution in [0.1, 0.15) is 57.4 Å². The first-order chi connectivity index (χ1) is 15.9. The maximum atomic E-state index is 11.4. The topological polar surface area (TPSA) is 96.2 Å². The second kappa shape index (κ2) is 12.5. The third-order valence-corrected chi connectivity index (χ3v) is 7.22. The first-order valence-corrected chi connectivity index (χ1v) is 12.5. The van der Waals surface area contributed by atoms with Gasteiger partial charge < -0.3 is 24.8 Å². The van der Waals surface area contributed by atoms with Crippen LogP contribution >= 0.6 is 0 Å². The Hall–Kier alpha value is -1.89. The van der Waals surface area contributed by atoms with E-state index in [4.69, 9.17) is 9.47 Å². The molecule has 3 N–H and O–H groups in total. The molecular weight excluding hydrogens is 420 g/mol.